The predicted molar refractivity (Wildman–Crippen MR) is 126 cm³/mol. The van der Waals surface area contributed by atoms with Gasteiger partial charge in [-0.05, 0) is 43.3 Å². The van der Waals surface area contributed by atoms with Gasteiger partial charge in [0, 0.05) is 37.6 Å². The summed E-state index contributed by atoms with van der Waals surface area (Å²) in [6.45, 7) is 4.43. The summed E-state index contributed by atoms with van der Waals surface area (Å²) < 4.78 is 5.75. The third-order valence-electron chi connectivity index (χ3n) is 4.80. The van der Waals surface area contributed by atoms with E-state index in [1.54, 1.807) is 36.4 Å². The summed E-state index contributed by atoms with van der Waals surface area (Å²) in [5.74, 6) is 1.45. The monoisotopic (exact) mass is 498 g/mol. The fraction of sp³-hybridized carbons (Fsp3) is 0.391. The number of Topliss-reactive ketones (excluding diaryl/α,β-unsaturated/α-hetero) is 1. The number of hydroxylamine groups is 2. The third kappa shape index (κ3) is 8.47. The molecule has 1 aliphatic rings. The highest BCUT2D eigenvalue weighted by Crippen LogP contribution is 2.31. The molecule has 2 aromatic rings. The van der Waals surface area contributed by atoms with Crippen LogP contribution in [0.2, 0.25) is 0 Å². The summed E-state index contributed by atoms with van der Waals surface area (Å²) in [6.07, 6.45) is -0.0597. The first kappa shape index (κ1) is 29.1. The molecule has 1 unspecified atom stereocenters. The maximum absolute atomic E-state index is 11.9. The third-order valence-corrected chi connectivity index (χ3v) is 4.80. The van der Waals surface area contributed by atoms with Gasteiger partial charge in [0.05, 0.1) is 13.2 Å². The first-order valence-corrected chi connectivity index (χ1v) is 10.4. The zero-order chi connectivity index (χ0) is 22.9. The maximum Gasteiger partial charge on any atom is 0.252 e. The van der Waals surface area contributed by atoms with E-state index in [9.17, 15) is 14.7 Å². The zero-order valence-corrected chi connectivity index (χ0v) is 19.9. The Labute approximate surface area is 204 Å². The van der Waals surface area contributed by atoms with Crippen molar-refractivity contribution in [2.24, 2.45) is 0 Å². The van der Waals surface area contributed by atoms with Gasteiger partial charge in [0.2, 0.25) is 0 Å². The lowest BCUT2D eigenvalue weighted by atomic mass is 10.1. The molecule has 1 amide bonds. The lowest BCUT2D eigenvalue weighted by Gasteiger charge is -2.22. The van der Waals surface area contributed by atoms with Gasteiger partial charge >= 0.3 is 0 Å². The van der Waals surface area contributed by atoms with Gasteiger partial charge in [-0.3, -0.25) is 9.59 Å². The van der Waals surface area contributed by atoms with E-state index in [1.807, 2.05) is 6.07 Å². The maximum atomic E-state index is 11.9. The second-order valence-corrected chi connectivity index (χ2v) is 7.35. The molecule has 1 heterocycles. The van der Waals surface area contributed by atoms with Gasteiger partial charge in [-0.15, -0.1) is 12.4 Å². The van der Waals surface area contributed by atoms with Crippen LogP contribution in [0.1, 0.15) is 29.8 Å². The van der Waals surface area contributed by atoms with Crippen molar-refractivity contribution in [3.63, 3.8) is 0 Å². The number of halogens is 1. The van der Waals surface area contributed by atoms with Gasteiger partial charge in [-0.1, -0.05) is 6.07 Å². The molecule has 10 nitrogen and oxygen atoms in total. The summed E-state index contributed by atoms with van der Waals surface area (Å²) in [5, 5.41) is 14.5. The average Bonchev–Trinajstić information content (AvgIpc) is 2.79. The fourth-order valence-electron chi connectivity index (χ4n) is 3.09. The molecule has 2 aromatic carbocycles. The molecule has 0 saturated carbocycles. The molecule has 0 radical (unpaired) electrons. The number of ketones is 1. The fourth-order valence-corrected chi connectivity index (χ4v) is 3.09. The van der Waals surface area contributed by atoms with E-state index < -0.39 is 6.10 Å². The SMILES string of the molecule is CC(=O)c1ccc(ON(CCNCC(O)COc2cccc3c2CCOO3)C(C)=O)cc1.Cl.O. The van der Waals surface area contributed by atoms with E-state index in [1.165, 1.54) is 18.9 Å². The van der Waals surface area contributed by atoms with Crippen molar-refractivity contribution < 1.29 is 39.5 Å². The standard InChI is InChI=1S/C23H28N2O7.ClH.H2O/c1-16(26)18-6-8-20(9-7-18)31-25(17(2)27)12-11-24-14-19(28)15-29-22-4-3-5-23-21(22)10-13-30-32-23;;/h3-9,19,24,28H,10-15H2,1-2H3;1H;1H2. The van der Waals surface area contributed by atoms with Crippen LogP contribution >= 0.6 is 12.4 Å². The van der Waals surface area contributed by atoms with Gasteiger partial charge in [0.15, 0.2) is 17.3 Å². The van der Waals surface area contributed by atoms with Crippen molar-refractivity contribution >= 4 is 24.1 Å². The summed E-state index contributed by atoms with van der Waals surface area (Å²) >= 11 is 0. The molecule has 1 atom stereocenters. The van der Waals surface area contributed by atoms with E-state index in [4.69, 9.17) is 19.3 Å². The topological polar surface area (TPSA) is 138 Å². The van der Waals surface area contributed by atoms with Gasteiger partial charge in [0.25, 0.3) is 5.91 Å². The van der Waals surface area contributed by atoms with Crippen molar-refractivity contribution in [2.75, 3.05) is 32.8 Å². The normalized spacial score (nSPS) is 12.7. The number of rotatable bonds is 11. The van der Waals surface area contributed by atoms with Crippen molar-refractivity contribution in [1.29, 1.82) is 0 Å². The predicted octanol–water partition coefficient (Wildman–Crippen LogP) is 1.52. The highest BCUT2D eigenvalue weighted by Gasteiger charge is 2.17. The van der Waals surface area contributed by atoms with Crippen LogP contribution in [0.25, 0.3) is 0 Å². The van der Waals surface area contributed by atoms with Crippen molar-refractivity contribution in [1.82, 2.24) is 10.4 Å². The van der Waals surface area contributed by atoms with E-state index in [0.717, 1.165) is 5.56 Å². The van der Waals surface area contributed by atoms with Crippen LogP contribution in [0.5, 0.6) is 17.2 Å². The minimum Gasteiger partial charge on any atom is -0.490 e. The minimum absolute atomic E-state index is 0. The highest BCUT2D eigenvalue weighted by atomic mass is 35.5. The highest BCUT2D eigenvalue weighted by molar-refractivity contribution is 5.94. The number of nitrogens with zero attached hydrogens (tertiary/aromatic N) is 1. The Morgan fingerprint density at radius 2 is 1.91 bits per heavy atom. The zero-order valence-electron chi connectivity index (χ0n) is 19.1. The lowest BCUT2D eigenvalue weighted by Crippen LogP contribution is -2.40. The number of carbonyl (C=O) groups excluding carboxylic acids is 2. The van der Waals surface area contributed by atoms with Crippen LogP contribution < -0.4 is 19.8 Å². The quantitative estimate of drug-likeness (QED) is 0.206. The Morgan fingerprint density at radius 3 is 2.59 bits per heavy atom. The van der Waals surface area contributed by atoms with Crippen LogP contribution in [0.15, 0.2) is 42.5 Å². The molecule has 188 valence electrons. The molecule has 0 fully saturated rings. The van der Waals surface area contributed by atoms with Gasteiger partial charge in [0.1, 0.15) is 18.5 Å². The molecule has 0 bridgehead atoms. The van der Waals surface area contributed by atoms with Gasteiger partial charge in [-0.2, -0.15) is 9.95 Å². The lowest BCUT2D eigenvalue weighted by molar-refractivity contribution is -0.215. The molecule has 1 aliphatic heterocycles. The number of carbonyl (C=O) groups is 2. The van der Waals surface area contributed by atoms with E-state index >= 15 is 0 Å². The number of fused-ring (bicyclic) bond motifs is 1. The average molecular weight is 499 g/mol. The number of benzene rings is 2. The van der Waals surface area contributed by atoms with Crippen LogP contribution in [-0.4, -0.2) is 66.3 Å². The summed E-state index contributed by atoms with van der Waals surface area (Å²) in [5.41, 5.74) is 1.49. The Kier molecular flexibility index (Phi) is 12.3. The number of ether oxygens (including phenoxy) is 1. The molecule has 34 heavy (non-hydrogen) atoms. The van der Waals surface area contributed by atoms with Crippen LogP contribution in [-0.2, 0) is 16.1 Å². The first-order chi connectivity index (χ1) is 15.4. The number of amides is 1. The molecule has 0 saturated heterocycles. The summed E-state index contributed by atoms with van der Waals surface area (Å²) in [7, 11) is 0. The second kappa shape index (κ2) is 14.4. The Balaban J connectivity index is 0.00000289. The Morgan fingerprint density at radius 1 is 1.18 bits per heavy atom. The molecular formula is C23H31ClN2O8. The van der Waals surface area contributed by atoms with Crippen molar-refractivity contribution in [3.05, 3.63) is 53.6 Å². The molecule has 3 rings (SSSR count). The molecule has 4 N–H and O–H groups in total. The molecular weight excluding hydrogens is 468 g/mol. The van der Waals surface area contributed by atoms with E-state index in [-0.39, 0.29) is 49.3 Å². The van der Waals surface area contributed by atoms with Gasteiger partial charge < -0.3 is 30.4 Å². The molecule has 11 heteroatoms. The minimum atomic E-state index is -0.738. The first-order valence-electron chi connectivity index (χ1n) is 10.4. The Hall–Kier alpha value is -2.89. The van der Waals surface area contributed by atoms with Crippen LogP contribution in [0, 0.1) is 0 Å². The Bertz CT molecular complexity index is 926. The van der Waals surface area contributed by atoms with E-state index in [0.29, 0.717) is 42.4 Å². The molecule has 0 aromatic heterocycles. The number of aliphatic hydroxyl groups is 1. The second-order valence-electron chi connectivity index (χ2n) is 7.35. The summed E-state index contributed by atoms with van der Waals surface area (Å²) in [6, 6.07) is 12.0. The molecule has 0 aliphatic carbocycles. The number of hydrogen-bond donors (Lipinski definition) is 2. The largest absolute Gasteiger partial charge is 0.490 e. The summed E-state index contributed by atoms with van der Waals surface area (Å²) in [4.78, 5) is 38.9. The van der Waals surface area contributed by atoms with E-state index in [2.05, 4.69) is 5.32 Å². The van der Waals surface area contributed by atoms with Crippen LogP contribution in [0.3, 0.4) is 0 Å². The van der Waals surface area contributed by atoms with Gasteiger partial charge in [-0.25, -0.2) is 0 Å². The smallest absolute Gasteiger partial charge is 0.252 e. The number of aliphatic hydroxyl groups excluding tert-OH is 1. The number of nitrogens with one attached hydrogen (secondary N) is 1. The number of hydrogen-bond acceptors (Lipinski definition) is 8. The van der Waals surface area contributed by atoms with Crippen molar-refractivity contribution in [3.8, 4) is 17.2 Å². The van der Waals surface area contributed by atoms with Crippen molar-refractivity contribution in [2.45, 2.75) is 26.4 Å². The van der Waals surface area contributed by atoms with Crippen LogP contribution in [0.4, 0.5) is 0 Å². The molecule has 0 spiro atoms.